The quantitative estimate of drug-likeness (QED) is 0.876. The van der Waals surface area contributed by atoms with Crippen LogP contribution in [0.15, 0.2) is 18.2 Å². The van der Waals surface area contributed by atoms with Gasteiger partial charge in [0.2, 0.25) is 5.91 Å². The molecule has 0 fully saturated rings. The number of likely N-dealkylation sites (N-methyl/N-ethyl adjacent to an activating group) is 1. The molecule has 5 nitrogen and oxygen atoms in total. The van der Waals surface area contributed by atoms with Gasteiger partial charge in [-0.3, -0.25) is 4.79 Å². The van der Waals surface area contributed by atoms with Crippen LogP contribution in [0.4, 0.5) is 14.5 Å². The molecule has 0 saturated carbocycles. The molecule has 2 aromatic rings. The highest BCUT2D eigenvalue weighted by Crippen LogP contribution is 2.30. The maximum Gasteiger partial charge on any atom is 0.289 e. The molecule has 1 N–H and O–H groups in total. The standard InChI is InChI=1S/C15H16F2N4OS/c1-9(15(22)21(2)7-3-6-18)19-10-4-5-11-12(8-10)23-14(20-11)13(16)17/h4-5,8-9,13,19H,3,7H2,1-2H3. The summed E-state index contributed by atoms with van der Waals surface area (Å²) in [6.45, 7) is 2.08. The van der Waals surface area contributed by atoms with Crippen molar-refractivity contribution < 1.29 is 13.6 Å². The number of halogens is 2. The number of carbonyl (C=O) groups is 1. The van der Waals surface area contributed by atoms with Crippen molar-refractivity contribution in [3.63, 3.8) is 0 Å². The van der Waals surface area contributed by atoms with Crippen LogP contribution in [0.3, 0.4) is 0 Å². The summed E-state index contributed by atoms with van der Waals surface area (Å²) in [5, 5.41) is 11.4. The van der Waals surface area contributed by atoms with Crippen molar-refractivity contribution in [1.82, 2.24) is 9.88 Å². The molecule has 0 saturated heterocycles. The van der Waals surface area contributed by atoms with Gasteiger partial charge in [0.25, 0.3) is 6.43 Å². The van der Waals surface area contributed by atoms with Crippen molar-refractivity contribution in [3.05, 3.63) is 23.2 Å². The molecule has 0 spiro atoms. The summed E-state index contributed by atoms with van der Waals surface area (Å²) in [4.78, 5) is 17.5. The Morgan fingerprint density at radius 1 is 1.52 bits per heavy atom. The van der Waals surface area contributed by atoms with E-state index in [4.69, 9.17) is 5.26 Å². The van der Waals surface area contributed by atoms with E-state index in [-0.39, 0.29) is 17.3 Å². The Morgan fingerprint density at radius 3 is 2.91 bits per heavy atom. The highest BCUT2D eigenvalue weighted by atomic mass is 32.1. The fraction of sp³-hybridized carbons (Fsp3) is 0.400. The predicted molar refractivity (Wildman–Crippen MR) is 85.5 cm³/mol. The third kappa shape index (κ3) is 4.13. The van der Waals surface area contributed by atoms with Crippen LogP contribution in [0.1, 0.15) is 24.8 Å². The third-order valence-electron chi connectivity index (χ3n) is 3.28. The van der Waals surface area contributed by atoms with Gasteiger partial charge in [0.05, 0.1) is 22.7 Å². The van der Waals surface area contributed by atoms with Crippen LogP contribution in [-0.4, -0.2) is 35.4 Å². The van der Waals surface area contributed by atoms with Crippen molar-refractivity contribution in [2.75, 3.05) is 18.9 Å². The molecule has 1 heterocycles. The van der Waals surface area contributed by atoms with Gasteiger partial charge in [-0.25, -0.2) is 13.8 Å². The maximum absolute atomic E-state index is 12.7. The Kier molecular flexibility index (Phi) is 5.45. The van der Waals surface area contributed by atoms with E-state index in [2.05, 4.69) is 10.3 Å². The predicted octanol–water partition coefficient (Wildman–Crippen LogP) is 3.41. The van der Waals surface area contributed by atoms with Gasteiger partial charge in [-0.2, -0.15) is 5.26 Å². The molecule has 122 valence electrons. The molecule has 0 aliphatic rings. The smallest absolute Gasteiger partial charge is 0.289 e. The SMILES string of the molecule is CC(Nc1ccc2nc(C(F)F)sc2c1)C(=O)N(C)CCC#N. The molecule has 0 radical (unpaired) electrons. The van der Waals surface area contributed by atoms with Gasteiger partial charge in [-0.1, -0.05) is 0 Å². The van der Waals surface area contributed by atoms with Gasteiger partial charge in [0, 0.05) is 19.3 Å². The van der Waals surface area contributed by atoms with Crippen molar-refractivity contribution in [2.24, 2.45) is 0 Å². The molecule has 1 aromatic carbocycles. The minimum Gasteiger partial charge on any atom is -0.374 e. The summed E-state index contributed by atoms with van der Waals surface area (Å²) < 4.78 is 26.0. The van der Waals surface area contributed by atoms with Crippen molar-refractivity contribution in [1.29, 1.82) is 5.26 Å². The summed E-state index contributed by atoms with van der Waals surface area (Å²) >= 11 is 0.940. The van der Waals surface area contributed by atoms with E-state index in [9.17, 15) is 13.6 Å². The number of nitriles is 1. The van der Waals surface area contributed by atoms with E-state index in [1.54, 1.807) is 32.2 Å². The average molecular weight is 338 g/mol. The number of nitrogens with one attached hydrogen (secondary N) is 1. The van der Waals surface area contributed by atoms with E-state index in [0.717, 1.165) is 11.3 Å². The maximum atomic E-state index is 12.7. The Hall–Kier alpha value is -2.27. The minimum absolute atomic E-state index is 0.141. The molecule has 1 aromatic heterocycles. The first kappa shape index (κ1) is 17.1. The number of rotatable bonds is 6. The molecule has 0 aliphatic carbocycles. The van der Waals surface area contributed by atoms with Gasteiger partial charge in [-0.15, -0.1) is 11.3 Å². The second-order valence-electron chi connectivity index (χ2n) is 5.07. The topological polar surface area (TPSA) is 69.0 Å². The first-order chi connectivity index (χ1) is 10.9. The summed E-state index contributed by atoms with van der Waals surface area (Å²) in [7, 11) is 1.64. The molecule has 0 bridgehead atoms. The summed E-state index contributed by atoms with van der Waals surface area (Å²) in [6.07, 6.45) is -2.31. The van der Waals surface area contributed by atoms with Crippen LogP contribution in [0.2, 0.25) is 0 Å². The highest BCUT2D eigenvalue weighted by molar-refractivity contribution is 7.18. The molecule has 0 aliphatic heterocycles. The molecule has 23 heavy (non-hydrogen) atoms. The van der Waals surface area contributed by atoms with Crippen LogP contribution in [0.5, 0.6) is 0 Å². The number of alkyl halides is 2. The van der Waals surface area contributed by atoms with E-state index < -0.39 is 12.5 Å². The number of benzene rings is 1. The normalized spacial score (nSPS) is 12.2. The Bertz CT molecular complexity index is 741. The zero-order valence-corrected chi connectivity index (χ0v) is 13.5. The first-order valence-electron chi connectivity index (χ1n) is 6.99. The fourth-order valence-electron chi connectivity index (χ4n) is 2.10. The van der Waals surface area contributed by atoms with Gasteiger partial charge in [0.15, 0.2) is 5.01 Å². The largest absolute Gasteiger partial charge is 0.374 e. The Balaban J connectivity index is 2.08. The Labute approximate surface area is 136 Å². The number of carbonyl (C=O) groups excluding carboxylic acids is 1. The average Bonchev–Trinajstić information content (AvgIpc) is 2.95. The minimum atomic E-state index is -2.59. The van der Waals surface area contributed by atoms with Gasteiger partial charge >= 0.3 is 0 Å². The lowest BCUT2D eigenvalue weighted by Crippen LogP contribution is -2.39. The molecule has 8 heteroatoms. The van der Waals surface area contributed by atoms with Crippen LogP contribution in [-0.2, 0) is 4.79 Å². The number of amides is 1. The fourth-order valence-corrected chi connectivity index (χ4v) is 2.96. The van der Waals surface area contributed by atoms with Crippen LogP contribution in [0.25, 0.3) is 10.2 Å². The zero-order chi connectivity index (χ0) is 17.0. The second-order valence-corrected chi connectivity index (χ2v) is 6.13. The van der Waals surface area contributed by atoms with Crippen LogP contribution in [0, 0.1) is 11.3 Å². The van der Waals surface area contributed by atoms with E-state index in [1.807, 2.05) is 6.07 Å². The number of hydrogen-bond acceptors (Lipinski definition) is 5. The number of thiazole rings is 1. The monoisotopic (exact) mass is 338 g/mol. The van der Waals surface area contributed by atoms with Crippen molar-refractivity contribution in [3.8, 4) is 6.07 Å². The number of nitrogens with zero attached hydrogens (tertiary/aromatic N) is 3. The number of anilines is 1. The zero-order valence-electron chi connectivity index (χ0n) is 12.7. The lowest BCUT2D eigenvalue weighted by Gasteiger charge is -2.21. The summed E-state index contributed by atoms with van der Waals surface area (Å²) in [6, 6.07) is 6.57. The summed E-state index contributed by atoms with van der Waals surface area (Å²) in [5.74, 6) is -0.141. The second kappa shape index (κ2) is 7.33. The third-order valence-corrected chi connectivity index (χ3v) is 4.31. The van der Waals surface area contributed by atoms with Crippen molar-refractivity contribution in [2.45, 2.75) is 25.8 Å². The summed E-state index contributed by atoms with van der Waals surface area (Å²) in [5.41, 5.74) is 1.18. The number of fused-ring (bicyclic) bond motifs is 1. The van der Waals surface area contributed by atoms with Crippen LogP contribution >= 0.6 is 11.3 Å². The lowest BCUT2D eigenvalue weighted by atomic mass is 10.2. The molecule has 1 unspecified atom stereocenters. The lowest BCUT2D eigenvalue weighted by molar-refractivity contribution is -0.130. The van der Waals surface area contributed by atoms with E-state index in [1.165, 1.54) is 4.90 Å². The molecular weight excluding hydrogens is 322 g/mol. The van der Waals surface area contributed by atoms with Gasteiger partial charge in [-0.05, 0) is 25.1 Å². The van der Waals surface area contributed by atoms with E-state index >= 15 is 0 Å². The Morgan fingerprint density at radius 2 is 2.26 bits per heavy atom. The molecule has 1 atom stereocenters. The highest BCUT2D eigenvalue weighted by Gasteiger charge is 2.18. The van der Waals surface area contributed by atoms with Gasteiger partial charge < -0.3 is 10.2 Å². The number of aromatic nitrogens is 1. The van der Waals surface area contributed by atoms with Gasteiger partial charge in [0.1, 0.15) is 6.04 Å². The van der Waals surface area contributed by atoms with Crippen molar-refractivity contribution >= 4 is 33.1 Å². The first-order valence-corrected chi connectivity index (χ1v) is 7.81. The molecule has 2 rings (SSSR count). The van der Waals surface area contributed by atoms with E-state index in [0.29, 0.717) is 22.4 Å². The number of hydrogen-bond donors (Lipinski definition) is 1. The molecular formula is C15H16F2N4OS. The van der Waals surface area contributed by atoms with Crippen LogP contribution < -0.4 is 5.32 Å². The molecule has 1 amide bonds.